The number of aromatic amines is 1. The summed E-state index contributed by atoms with van der Waals surface area (Å²) >= 11 is 1.32. The smallest absolute Gasteiger partial charge is 0.346 e. The van der Waals surface area contributed by atoms with Crippen LogP contribution in [0.4, 0.5) is 0 Å². The number of H-pyrrole nitrogens is 1. The second-order valence-electron chi connectivity index (χ2n) is 4.93. The topological polar surface area (TPSA) is 66.0 Å². The maximum absolute atomic E-state index is 11.5. The van der Waals surface area contributed by atoms with E-state index in [1.807, 2.05) is 24.4 Å². The molecule has 5 heteroatoms. The second kappa shape index (κ2) is 4.76. The number of carboxylic acid groups (broad SMARTS) is 1. The summed E-state index contributed by atoms with van der Waals surface area (Å²) < 4.78 is 1.01. The highest BCUT2D eigenvalue weighted by Gasteiger charge is 2.23. The third-order valence-corrected chi connectivity index (χ3v) is 4.51. The molecule has 0 aliphatic carbocycles. The van der Waals surface area contributed by atoms with E-state index in [1.54, 1.807) is 6.20 Å². The van der Waals surface area contributed by atoms with Gasteiger partial charge in [-0.3, -0.25) is 4.98 Å². The average molecular weight is 286 g/mol. The van der Waals surface area contributed by atoms with Crippen LogP contribution < -0.4 is 0 Å². The fraction of sp³-hybridized carbons (Fsp3) is 0.200. The van der Waals surface area contributed by atoms with Gasteiger partial charge in [-0.1, -0.05) is 19.9 Å². The van der Waals surface area contributed by atoms with Crippen molar-refractivity contribution in [1.82, 2.24) is 9.97 Å². The Kier molecular flexibility index (Phi) is 3.06. The Bertz CT molecular complexity index is 772. The van der Waals surface area contributed by atoms with Crippen LogP contribution in [0.2, 0.25) is 0 Å². The molecule has 0 amide bonds. The van der Waals surface area contributed by atoms with Crippen molar-refractivity contribution in [3.05, 3.63) is 41.0 Å². The van der Waals surface area contributed by atoms with Gasteiger partial charge in [0.15, 0.2) is 0 Å². The summed E-state index contributed by atoms with van der Waals surface area (Å²) in [7, 11) is 0. The molecule has 0 unspecified atom stereocenters. The van der Waals surface area contributed by atoms with Crippen molar-refractivity contribution in [2.24, 2.45) is 0 Å². The molecule has 4 nitrogen and oxygen atoms in total. The van der Waals surface area contributed by atoms with Crippen LogP contribution >= 0.6 is 11.3 Å². The Labute approximate surface area is 120 Å². The van der Waals surface area contributed by atoms with Crippen LogP contribution in [-0.4, -0.2) is 21.0 Å². The number of carbonyl (C=O) groups is 1. The molecule has 20 heavy (non-hydrogen) atoms. The monoisotopic (exact) mass is 286 g/mol. The molecule has 0 saturated heterocycles. The van der Waals surface area contributed by atoms with Gasteiger partial charge in [0.25, 0.3) is 0 Å². The largest absolute Gasteiger partial charge is 0.477 e. The number of pyridine rings is 1. The lowest BCUT2D eigenvalue weighted by atomic mass is 10.1. The van der Waals surface area contributed by atoms with Crippen LogP contribution in [0.3, 0.4) is 0 Å². The molecule has 0 aliphatic rings. The van der Waals surface area contributed by atoms with Gasteiger partial charge in [-0.25, -0.2) is 4.79 Å². The number of aromatic nitrogens is 2. The van der Waals surface area contributed by atoms with Crippen molar-refractivity contribution in [3.63, 3.8) is 0 Å². The van der Waals surface area contributed by atoms with Crippen LogP contribution in [0.25, 0.3) is 21.5 Å². The summed E-state index contributed by atoms with van der Waals surface area (Å²) in [5, 5.41) is 9.44. The number of thiophene rings is 1. The Hall–Kier alpha value is -2.14. The fourth-order valence-electron chi connectivity index (χ4n) is 2.32. The lowest BCUT2D eigenvalue weighted by molar-refractivity contribution is 0.0703. The quantitative estimate of drug-likeness (QED) is 0.761. The van der Waals surface area contributed by atoms with Crippen molar-refractivity contribution >= 4 is 27.5 Å². The zero-order valence-corrected chi connectivity index (χ0v) is 12.0. The molecule has 0 saturated carbocycles. The number of rotatable bonds is 3. The Morgan fingerprint density at radius 2 is 2.20 bits per heavy atom. The molecule has 0 atom stereocenters. The predicted octanol–water partition coefficient (Wildman–Crippen LogP) is 4.11. The van der Waals surface area contributed by atoms with Crippen LogP contribution in [-0.2, 0) is 0 Å². The lowest BCUT2D eigenvalue weighted by Gasteiger charge is -1.99. The third-order valence-electron chi connectivity index (χ3n) is 3.28. The SMILES string of the molecule is CC(C)c1c[nH]c2c(-c3ccccn3)c(C(=O)O)sc12. The molecular formula is C15H14N2O2S. The summed E-state index contributed by atoms with van der Waals surface area (Å²) in [5.41, 5.74) is 3.39. The Morgan fingerprint density at radius 3 is 2.80 bits per heavy atom. The summed E-state index contributed by atoms with van der Waals surface area (Å²) in [4.78, 5) is 19.4. The first-order chi connectivity index (χ1) is 9.59. The van der Waals surface area contributed by atoms with Crippen LogP contribution in [0, 0.1) is 0 Å². The summed E-state index contributed by atoms with van der Waals surface area (Å²) in [6, 6.07) is 5.52. The van der Waals surface area contributed by atoms with Gasteiger partial charge in [0.05, 0.1) is 15.9 Å². The average Bonchev–Trinajstić information content (AvgIpc) is 2.97. The molecule has 2 N–H and O–H groups in total. The number of hydrogen-bond acceptors (Lipinski definition) is 3. The lowest BCUT2D eigenvalue weighted by Crippen LogP contribution is -1.96. The first kappa shape index (κ1) is 12.9. The number of nitrogens with one attached hydrogen (secondary N) is 1. The molecule has 3 heterocycles. The highest BCUT2D eigenvalue weighted by molar-refractivity contribution is 7.21. The Morgan fingerprint density at radius 1 is 1.40 bits per heavy atom. The molecule has 0 fully saturated rings. The van der Waals surface area contributed by atoms with Gasteiger partial charge in [0.1, 0.15) is 4.88 Å². The van der Waals surface area contributed by atoms with E-state index >= 15 is 0 Å². The fourth-order valence-corrected chi connectivity index (χ4v) is 3.60. The van der Waals surface area contributed by atoms with Crippen LogP contribution in [0.5, 0.6) is 0 Å². The molecular weight excluding hydrogens is 272 g/mol. The highest BCUT2D eigenvalue weighted by Crippen LogP contribution is 2.40. The molecule has 3 rings (SSSR count). The van der Waals surface area contributed by atoms with Crippen LogP contribution in [0.1, 0.15) is 35.0 Å². The molecule has 0 bridgehead atoms. The predicted molar refractivity (Wildman–Crippen MR) is 80.5 cm³/mol. The van der Waals surface area contributed by atoms with E-state index < -0.39 is 5.97 Å². The van der Waals surface area contributed by atoms with Crippen molar-refractivity contribution in [3.8, 4) is 11.3 Å². The molecule has 0 aromatic carbocycles. The van der Waals surface area contributed by atoms with Gasteiger partial charge in [-0.05, 0) is 23.6 Å². The zero-order valence-electron chi connectivity index (χ0n) is 11.2. The molecule has 102 valence electrons. The molecule has 3 aromatic rings. The summed E-state index contributed by atoms with van der Waals surface area (Å²) in [6.45, 7) is 4.20. The first-order valence-corrected chi connectivity index (χ1v) is 7.19. The van der Waals surface area contributed by atoms with E-state index in [9.17, 15) is 9.90 Å². The first-order valence-electron chi connectivity index (χ1n) is 6.38. The zero-order chi connectivity index (χ0) is 14.3. The minimum atomic E-state index is -0.907. The molecule has 0 spiro atoms. The minimum Gasteiger partial charge on any atom is -0.477 e. The van der Waals surface area contributed by atoms with E-state index in [1.165, 1.54) is 11.3 Å². The van der Waals surface area contributed by atoms with Gasteiger partial charge in [0.2, 0.25) is 0 Å². The van der Waals surface area contributed by atoms with E-state index in [4.69, 9.17) is 0 Å². The number of carboxylic acids is 1. The van der Waals surface area contributed by atoms with Crippen molar-refractivity contribution < 1.29 is 9.90 Å². The number of nitrogens with zero attached hydrogens (tertiary/aromatic N) is 1. The van der Waals surface area contributed by atoms with E-state index in [-0.39, 0.29) is 0 Å². The molecule has 3 aromatic heterocycles. The number of hydrogen-bond donors (Lipinski definition) is 2. The maximum atomic E-state index is 11.5. The van der Waals surface area contributed by atoms with E-state index in [2.05, 4.69) is 23.8 Å². The van der Waals surface area contributed by atoms with Gasteiger partial charge >= 0.3 is 5.97 Å². The van der Waals surface area contributed by atoms with Gasteiger partial charge in [-0.15, -0.1) is 11.3 Å². The van der Waals surface area contributed by atoms with Crippen molar-refractivity contribution in [2.75, 3.05) is 0 Å². The van der Waals surface area contributed by atoms with Gasteiger partial charge in [0, 0.05) is 18.0 Å². The van der Waals surface area contributed by atoms with Gasteiger partial charge < -0.3 is 10.1 Å². The highest BCUT2D eigenvalue weighted by atomic mass is 32.1. The normalized spacial score (nSPS) is 11.3. The minimum absolute atomic E-state index is 0.340. The summed E-state index contributed by atoms with van der Waals surface area (Å²) in [6.07, 6.45) is 3.64. The van der Waals surface area contributed by atoms with E-state index in [0.29, 0.717) is 22.1 Å². The van der Waals surface area contributed by atoms with Crippen LogP contribution in [0.15, 0.2) is 30.6 Å². The standard InChI is InChI=1S/C15H14N2O2S/c1-8(2)9-7-17-12-11(10-5-3-4-6-16-10)14(15(18)19)20-13(9)12/h3-8,17H,1-2H3,(H,18,19). The third kappa shape index (κ3) is 1.91. The number of aromatic carboxylic acids is 1. The van der Waals surface area contributed by atoms with Crippen molar-refractivity contribution in [2.45, 2.75) is 19.8 Å². The second-order valence-corrected chi connectivity index (χ2v) is 5.95. The summed E-state index contributed by atoms with van der Waals surface area (Å²) in [5.74, 6) is -0.560. The molecule has 0 radical (unpaired) electrons. The molecule has 0 aliphatic heterocycles. The maximum Gasteiger partial charge on any atom is 0.346 e. The Balaban J connectivity index is 2.34. The van der Waals surface area contributed by atoms with Crippen molar-refractivity contribution in [1.29, 1.82) is 0 Å². The number of fused-ring (bicyclic) bond motifs is 1. The van der Waals surface area contributed by atoms with E-state index in [0.717, 1.165) is 15.8 Å². The van der Waals surface area contributed by atoms with Gasteiger partial charge in [-0.2, -0.15) is 0 Å².